The van der Waals surface area contributed by atoms with Crippen molar-refractivity contribution in [3.63, 3.8) is 0 Å². The van der Waals surface area contributed by atoms with Gasteiger partial charge in [-0.25, -0.2) is 4.98 Å². The Bertz CT molecular complexity index is 724. The standard InChI is InChI=1S/C13H16N6/c1-18-11-6-4-3-5-10(11)17-13(18)15-7-9-8-16-19(2)12(9)14/h3-6,8H,7,14H2,1-2H3,(H,15,17). The van der Waals surface area contributed by atoms with E-state index in [2.05, 4.69) is 15.4 Å². The number of hydrogen-bond donors (Lipinski definition) is 2. The van der Waals surface area contributed by atoms with E-state index >= 15 is 0 Å². The van der Waals surface area contributed by atoms with Gasteiger partial charge in [-0.1, -0.05) is 12.1 Å². The first kappa shape index (κ1) is 11.6. The summed E-state index contributed by atoms with van der Waals surface area (Å²) in [5, 5.41) is 7.41. The SMILES string of the molecule is Cn1ncc(CNc2nc3ccccc3n2C)c1N. The Labute approximate surface area is 110 Å². The van der Waals surface area contributed by atoms with Gasteiger partial charge in [-0.05, 0) is 12.1 Å². The van der Waals surface area contributed by atoms with Crippen molar-refractivity contribution in [2.45, 2.75) is 6.54 Å². The smallest absolute Gasteiger partial charge is 0.203 e. The molecule has 0 atom stereocenters. The average Bonchev–Trinajstić information content (AvgIpc) is 2.91. The van der Waals surface area contributed by atoms with Crippen LogP contribution in [0, 0.1) is 0 Å². The first-order valence-electron chi connectivity index (χ1n) is 6.08. The van der Waals surface area contributed by atoms with Gasteiger partial charge < -0.3 is 15.6 Å². The Morgan fingerprint density at radius 3 is 2.74 bits per heavy atom. The fraction of sp³-hybridized carbons (Fsp3) is 0.231. The Balaban J connectivity index is 1.86. The lowest BCUT2D eigenvalue weighted by molar-refractivity contribution is 0.778. The van der Waals surface area contributed by atoms with Crippen LogP contribution in [0.25, 0.3) is 11.0 Å². The lowest BCUT2D eigenvalue weighted by Gasteiger charge is -2.05. The number of aromatic nitrogens is 4. The zero-order valence-electron chi connectivity index (χ0n) is 11.0. The van der Waals surface area contributed by atoms with Crippen LogP contribution in [0.15, 0.2) is 30.5 Å². The van der Waals surface area contributed by atoms with Crippen molar-refractivity contribution in [1.29, 1.82) is 0 Å². The summed E-state index contributed by atoms with van der Waals surface area (Å²) in [7, 11) is 3.82. The number of fused-ring (bicyclic) bond motifs is 1. The second-order valence-electron chi connectivity index (χ2n) is 4.52. The summed E-state index contributed by atoms with van der Waals surface area (Å²) < 4.78 is 3.69. The van der Waals surface area contributed by atoms with Crippen LogP contribution >= 0.6 is 0 Å². The zero-order chi connectivity index (χ0) is 13.4. The van der Waals surface area contributed by atoms with Crippen molar-refractivity contribution in [2.24, 2.45) is 14.1 Å². The molecule has 0 unspecified atom stereocenters. The molecule has 3 N–H and O–H groups in total. The quantitative estimate of drug-likeness (QED) is 0.744. The van der Waals surface area contributed by atoms with E-state index in [1.807, 2.05) is 42.9 Å². The number of anilines is 2. The van der Waals surface area contributed by atoms with E-state index in [1.54, 1.807) is 10.9 Å². The van der Waals surface area contributed by atoms with E-state index in [1.165, 1.54) is 0 Å². The second-order valence-corrected chi connectivity index (χ2v) is 4.52. The zero-order valence-corrected chi connectivity index (χ0v) is 11.0. The van der Waals surface area contributed by atoms with Gasteiger partial charge in [0.05, 0.1) is 17.2 Å². The van der Waals surface area contributed by atoms with E-state index in [4.69, 9.17) is 5.73 Å². The van der Waals surface area contributed by atoms with E-state index < -0.39 is 0 Å². The van der Waals surface area contributed by atoms with E-state index in [-0.39, 0.29) is 0 Å². The molecule has 3 rings (SSSR count). The minimum absolute atomic E-state index is 0.608. The Morgan fingerprint density at radius 1 is 1.26 bits per heavy atom. The largest absolute Gasteiger partial charge is 0.384 e. The Morgan fingerprint density at radius 2 is 2.05 bits per heavy atom. The monoisotopic (exact) mass is 256 g/mol. The number of nitrogen functional groups attached to an aromatic ring is 1. The van der Waals surface area contributed by atoms with Crippen LogP contribution < -0.4 is 11.1 Å². The summed E-state index contributed by atoms with van der Waals surface area (Å²) in [4.78, 5) is 4.55. The molecular formula is C13H16N6. The Hall–Kier alpha value is -2.50. The molecular weight excluding hydrogens is 240 g/mol. The third kappa shape index (κ3) is 1.91. The number of rotatable bonds is 3. The minimum atomic E-state index is 0.608. The highest BCUT2D eigenvalue weighted by Crippen LogP contribution is 2.19. The summed E-state index contributed by atoms with van der Waals surface area (Å²) >= 11 is 0. The molecule has 98 valence electrons. The van der Waals surface area contributed by atoms with Crippen LogP contribution in [-0.4, -0.2) is 19.3 Å². The molecule has 0 aliphatic carbocycles. The van der Waals surface area contributed by atoms with Crippen molar-refractivity contribution in [1.82, 2.24) is 19.3 Å². The molecule has 0 saturated carbocycles. The van der Waals surface area contributed by atoms with Crippen LogP contribution in [0.5, 0.6) is 0 Å². The van der Waals surface area contributed by atoms with Gasteiger partial charge >= 0.3 is 0 Å². The molecule has 0 saturated heterocycles. The topological polar surface area (TPSA) is 73.7 Å². The predicted octanol–water partition coefficient (Wildman–Crippen LogP) is 1.50. The highest BCUT2D eigenvalue weighted by atomic mass is 15.3. The highest BCUT2D eigenvalue weighted by molar-refractivity contribution is 5.78. The Kier molecular flexibility index (Phi) is 2.63. The first-order chi connectivity index (χ1) is 9.16. The molecule has 0 aliphatic heterocycles. The fourth-order valence-corrected chi connectivity index (χ4v) is 2.11. The van der Waals surface area contributed by atoms with Gasteiger partial charge in [-0.2, -0.15) is 5.10 Å². The number of benzene rings is 1. The minimum Gasteiger partial charge on any atom is -0.384 e. The molecule has 1 aromatic carbocycles. The number of nitrogens with one attached hydrogen (secondary N) is 1. The molecule has 0 bridgehead atoms. The predicted molar refractivity (Wildman–Crippen MR) is 75.7 cm³/mol. The van der Waals surface area contributed by atoms with Gasteiger partial charge in [0.25, 0.3) is 0 Å². The number of nitrogens with zero attached hydrogens (tertiary/aromatic N) is 4. The molecule has 19 heavy (non-hydrogen) atoms. The summed E-state index contributed by atoms with van der Waals surface area (Å²) in [5.74, 6) is 1.50. The number of aryl methyl sites for hydroxylation is 2. The van der Waals surface area contributed by atoms with Gasteiger partial charge in [-0.15, -0.1) is 0 Å². The summed E-state index contributed by atoms with van der Waals surface area (Å²) in [6.07, 6.45) is 1.77. The maximum atomic E-state index is 5.91. The molecule has 0 radical (unpaired) electrons. The van der Waals surface area contributed by atoms with Crippen molar-refractivity contribution < 1.29 is 0 Å². The van der Waals surface area contributed by atoms with Crippen molar-refractivity contribution in [3.8, 4) is 0 Å². The van der Waals surface area contributed by atoms with Gasteiger partial charge in [0.15, 0.2) is 0 Å². The fourth-order valence-electron chi connectivity index (χ4n) is 2.11. The molecule has 2 heterocycles. The molecule has 6 nitrogen and oxygen atoms in total. The van der Waals surface area contributed by atoms with Crippen LogP contribution in [0.2, 0.25) is 0 Å². The lowest BCUT2D eigenvalue weighted by Crippen LogP contribution is -2.07. The first-order valence-corrected chi connectivity index (χ1v) is 6.08. The van der Waals surface area contributed by atoms with Crippen LogP contribution in [-0.2, 0) is 20.6 Å². The number of hydrogen-bond acceptors (Lipinski definition) is 4. The van der Waals surface area contributed by atoms with Crippen molar-refractivity contribution >= 4 is 22.8 Å². The van der Waals surface area contributed by atoms with Gasteiger partial charge in [0.1, 0.15) is 5.82 Å². The number of para-hydroxylation sites is 2. The third-order valence-electron chi connectivity index (χ3n) is 3.29. The second kappa shape index (κ2) is 4.31. The summed E-state index contributed by atoms with van der Waals surface area (Å²) in [6, 6.07) is 8.04. The normalized spacial score (nSPS) is 11.1. The van der Waals surface area contributed by atoms with Crippen molar-refractivity contribution in [2.75, 3.05) is 11.1 Å². The maximum absolute atomic E-state index is 5.91. The molecule has 3 aromatic rings. The molecule has 0 aliphatic rings. The molecule has 0 fully saturated rings. The summed E-state index contributed by atoms with van der Waals surface area (Å²) in [6.45, 7) is 0.608. The molecule has 6 heteroatoms. The maximum Gasteiger partial charge on any atom is 0.203 e. The van der Waals surface area contributed by atoms with Crippen LogP contribution in [0.4, 0.5) is 11.8 Å². The average molecular weight is 256 g/mol. The molecule has 2 aromatic heterocycles. The molecule has 0 spiro atoms. The molecule has 0 amide bonds. The summed E-state index contributed by atoms with van der Waals surface area (Å²) in [5.41, 5.74) is 8.96. The van der Waals surface area contributed by atoms with Gasteiger partial charge in [0.2, 0.25) is 5.95 Å². The van der Waals surface area contributed by atoms with Gasteiger partial charge in [-0.3, -0.25) is 4.68 Å². The van der Waals surface area contributed by atoms with Crippen molar-refractivity contribution in [3.05, 3.63) is 36.0 Å². The lowest BCUT2D eigenvalue weighted by atomic mass is 10.3. The van der Waals surface area contributed by atoms with Crippen LogP contribution in [0.3, 0.4) is 0 Å². The van der Waals surface area contributed by atoms with Gasteiger partial charge in [0, 0.05) is 26.2 Å². The highest BCUT2D eigenvalue weighted by Gasteiger charge is 2.08. The van der Waals surface area contributed by atoms with E-state index in [0.29, 0.717) is 12.4 Å². The number of imidazole rings is 1. The number of nitrogens with two attached hydrogens (primary N) is 1. The third-order valence-corrected chi connectivity index (χ3v) is 3.29. The van der Waals surface area contributed by atoms with Crippen LogP contribution in [0.1, 0.15) is 5.56 Å². The van der Waals surface area contributed by atoms with E-state index in [0.717, 1.165) is 22.5 Å². The van der Waals surface area contributed by atoms with E-state index in [9.17, 15) is 0 Å².